The van der Waals surface area contributed by atoms with Crippen LogP contribution in [0, 0.1) is 11.3 Å². The first kappa shape index (κ1) is 22.3. The van der Waals surface area contributed by atoms with E-state index in [9.17, 15) is 14.9 Å². The monoisotopic (exact) mass is 441 g/mol. The van der Waals surface area contributed by atoms with Crippen molar-refractivity contribution in [3.05, 3.63) is 50.5 Å². The predicted molar refractivity (Wildman–Crippen MR) is 119 cm³/mol. The van der Waals surface area contributed by atoms with Crippen LogP contribution in [-0.4, -0.2) is 48.4 Å². The molecule has 0 bridgehead atoms. The van der Waals surface area contributed by atoms with Crippen molar-refractivity contribution in [2.45, 2.75) is 13.5 Å². The number of nitrogens with one attached hydrogen (secondary N) is 1. The second-order valence-corrected chi connectivity index (χ2v) is 7.52. The molecule has 31 heavy (non-hydrogen) atoms. The number of carbonyl (C=O) groups excluding carboxylic acids is 1. The van der Waals surface area contributed by atoms with Crippen LogP contribution in [0.3, 0.4) is 0 Å². The van der Waals surface area contributed by atoms with Crippen LogP contribution in [0.2, 0.25) is 0 Å². The molecule has 3 rings (SSSR count). The molecule has 1 fully saturated rings. The Bertz CT molecular complexity index is 1170. The van der Waals surface area contributed by atoms with Crippen molar-refractivity contribution < 1.29 is 14.3 Å². The maximum absolute atomic E-state index is 12.8. The zero-order valence-corrected chi connectivity index (χ0v) is 18.0. The molecular weight excluding hydrogens is 418 g/mol. The number of nitrogens with zero attached hydrogens (tertiary/aromatic N) is 4. The summed E-state index contributed by atoms with van der Waals surface area (Å²) in [6.45, 7) is 8.41. The number of nitriles is 1. The van der Waals surface area contributed by atoms with E-state index < -0.39 is 5.97 Å². The molecule has 0 saturated carbocycles. The lowest BCUT2D eigenvalue weighted by atomic mass is 10.3. The molecule has 2 aromatic heterocycles. The van der Waals surface area contributed by atoms with E-state index in [4.69, 9.17) is 9.47 Å². The Hall–Kier alpha value is -3.42. The predicted octanol–water partition coefficient (Wildman–Crippen LogP) is 0.415. The van der Waals surface area contributed by atoms with Gasteiger partial charge in [-0.1, -0.05) is 12.7 Å². The average Bonchev–Trinajstić information content (AvgIpc) is 3.12. The maximum atomic E-state index is 12.8. The first-order valence-electron chi connectivity index (χ1n) is 9.76. The Morgan fingerprint density at radius 1 is 1.48 bits per heavy atom. The van der Waals surface area contributed by atoms with E-state index in [0.29, 0.717) is 24.3 Å². The average molecular weight is 442 g/mol. The van der Waals surface area contributed by atoms with Crippen LogP contribution in [0.5, 0.6) is 0 Å². The van der Waals surface area contributed by atoms with E-state index in [1.54, 1.807) is 25.4 Å². The van der Waals surface area contributed by atoms with Crippen LogP contribution >= 0.6 is 11.3 Å². The van der Waals surface area contributed by atoms with Gasteiger partial charge in [0.1, 0.15) is 27.7 Å². The van der Waals surface area contributed by atoms with Gasteiger partial charge in [0.2, 0.25) is 0 Å². The Balaban J connectivity index is 1.94. The fourth-order valence-corrected chi connectivity index (χ4v) is 4.08. The number of hydrogen-bond donors (Lipinski definition) is 1. The lowest BCUT2D eigenvalue weighted by Crippen LogP contribution is -2.36. The second-order valence-electron chi connectivity index (χ2n) is 6.49. The molecule has 0 radical (unpaired) electrons. The molecule has 0 unspecified atom stereocenters. The highest BCUT2D eigenvalue weighted by atomic mass is 32.1. The van der Waals surface area contributed by atoms with Crippen LogP contribution in [0.1, 0.15) is 6.92 Å². The number of morpholine rings is 1. The molecule has 1 N–H and O–H groups in total. The number of hydrogen-bond acceptors (Lipinski definition) is 9. The number of aromatic nitrogens is 2. The van der Waals surface area contributed by atoms with E-state index in [0.717, 1.165) is 35.9 Å². The molecule has 0 spiro atoms. The molecule has 162 valence electrons. The third-order valence-corrected chi connectivity index (χ3v) is 5.67. The van der Waals surface area contributed by atoms with E-state index in [2.05, 4.69) is 21.8 Å². The van der Waals surface area contributed by atoms with Gasteiger partial charge in [0.05, 0.1) is 13.2 Å². The van der Waals surface area contributed by atoms with Crippen molar-refractivity contribution in [3.63, 3.8) is 0 Å². The Kier molecular flexibility index (Phi) is 7.59. The molecule has 9 nitrogen and oxygen atoms in total. The summed E-state index contributed by atoms with van der Waals surface area (Å²) in [6.07, 6.45) is 4.69. The summed E-state index contributed by atoms with van der Waals surface area (Å²) in [4.78, 5) is 31.5. The van der Waals surface area contributed by atoms with Gasteiger partial charge in [0.25, 0.3) is 5.56 Å². The van der Waals surface area contributed by atoms with Crippen molar-refractivity contribution in [3.8, 4) is 6.07 Å². The molecule has 1 aliphatic rings. The molecule has 0 amide bonds. The van der Waals surface area contributed by atoms with Gasteiger partial charge in [0, 0.05) is 43.8 Å². The van der Waals surface area contributed by atoms with Gasteiger partial charge >= 0.3 is 5.97 Å². The van der Waals surface area contributed by atoms with E-state index in [1.165, 1.54) is 10.6 Å². The van der Waals surface area contributed by atoms with E-state index in [-0.39, 0.29) is 22.4 Å². The largest absolute Gasteiger partial charge is 0.457 e. The highest BCUT2D eigenvalue weighted by Crippen LogP contribution is 2.17. The normalized spacial score (nSPS) is 15.2. The lowest BCUT2D eigenvalue weighted by molar-refractivity contribution is -0.135. The summed E-state index contributed by atoms with van der Waals surface area (Å²) in [6, 6.07) is 5.56. The van der Waals surface area contributed by atoms with E-state index >= 15 is 0 Å². The Labute approximate surface area is 183 Å². The highest BCUT2D eigenvalue weighted by Gasteiger charge is 2.16. The van der Waals surface area contributed by atoms with Crippen molar-refractivity contribution in [1.82, 2.24) is 9.55 Å². The number of anilines is 2. The summed E-state index contributed by atoms with van der Waals surface area (Å²) >= 11 is 1.06. The number of pyridine rings is 1. The SMILES string of the molecule is C=CCOC(=O)C(C#N)=c1sc(=CNc2ccnc(N3CCOCC3)c2)c(=O)n1CC. The third-order valence-electron chi connectivity index (χ3n) is 4.54. The zero-order chi connectivity index (χ0) is 22.2. The quantitative estimate of drug-likeness (QED) is 0.486. The summed E-state index contributed by atoms with van der Waals surface area (Å²) in [5, 5.41) is 12.6. The van der Waals surface area contributed by atoms with Gasteiger partial charge in [-0.3, -0.25) is 9.36 Å². The zero-order valence-electron chi connectivity index (χ0n) is 17.2. The highest BCUT2D eigenvalue weighted by molar-refractivity contribution is 7.07. The number of rotatable bonds is 7. The molecule has 0 atom stereocenters. The van der Waals surface area contributed by atoms with Gasteiger partial charge in [-0.15, -0.1) is 11.3 Å². The van der Waals surface area contributed by atoms with Gasteiger partial charge in [-0.2, -0.15) is 5.26 Å². The standard InChI is InChI=1S/C21H23N5O4S/c1-3-9-30-21(28)16(13-22)20-26(4-2)19(27)17(31-20)14-24-15-5-6-23-18(12-15)25-7-10-29-11-8-25/h3,5-6,12,14H,1,4,7-11H2,2H3,(H,23,24). The van der Waals surface area contributed by atoms with Crippen LogP contribution in [-0.2, 0) is 20.8 Å². The summed E-state index contributed by atoms with van der Waals surface area (Å²) < 4.78 is 12.4. The molecule has 0 aliphatic carbocycles. The second kappa shape index (κ2) is 10.6. The van der Waals surface area contributed by atoms with Crippen molar-refractivity contribution in [2.75, 3.05) is 43.1 Å². The van der Waals surface area contributed by atoms with E-state index in [1.807, 2.05) is 12.1 Å². The Morgan fingerprint density at radius 3 is 2.94 bits per heavy atom. The van der Waals surface area contributed by atoms with Crippen molar-refractivity contribution in [2.24, 2.45) is 0 Å². The minimum atomic E-state index is -0.783. The fourth-order valence-electron chi connectivity index (χ4n) is 3.00. The fraction of sp³-hybridized carbons (Fsp3) is 0.333. The molecule has 1 aliphatic heterocycles. The summed E-state index contributed by atoms with van der Waals surface area (Å²) in [5.41, 5.74) is 0.273. The number of ether oxygens (including phenoxy) is 2. The molecule has 2 aromatic rings. The third kappa shape index (κ3) is 5.20. The van der Waals surface area contributed by atoms with Gasteiger partial charge in [-0.25, -0.2) is 9.78 Å². The van der Waals surface area contributed by atoms with Crippen LogP contribution < -0.4 is 25.0 Å². The van der Waals surface area contributed by atoms with Gasteiger partial charge in [0.15, 0.2) is 5.57 Å². The van der Waals surface area contributed by atoms with Crippen LogP contribution in [0.25, 0.3) is 11.8 Å². The first-order valence-corrected chi connectivity index (χ1v) is 10.6. The molecular formula is C21H23N5O4S. The summed E-state index contributed by atoms with van der Waals surface area (Å²) in [7, 11) is 0. The van der Waals surface area contributed by atoms with Crippen molar-refractivity contribution in [1.29, 1.82) is 5.26 Å². The first-order chi connectivity index (χ1) is 15.1. The number of carbonyl (C=O) groups is 1. The number of esters is 1. The minimum absolute atomic E-state index is 0.0141. The minimum Gasteiger partial charge on any atom is -0.457 e. The molecule has 3 heterocycles. The van der Waals surface area contributed by atoms with Crippen LogP contribution in [0.4, 0.5) is 11.5 Å². The number of thiazole rings is 1. The summed E-state index contributed by atoms with van der Waals surface area (Å²) in [5.74, 6) is 0.0410. The van der Waals surface area contributed by atoms with Crippen molar-refractivity contribution >= 4 is 40.6 Å². The van der Waals surface area contributed by atoms with Gasteiger partial charge in [-0.05, 0) is 13.0 Å². The van der Waals surface area contributed by atoms with Gasteiger partial charge < -0.3 is 19.7 Å². The smallest absolute Gasteiger partial charge is 0.352 e. The van der Waals surface area contributed by atoms with Crippen LogP contribution in [0.15, 0.2) is 35.8 Å². The molecule has 0 aromatic carbocycles. The topological polar surface area (TPSA) is 109 Å². The lowest BCUT2D eigenvalue weighted by Gasteiger charge is -2.27. The Morgan fingerprint density at radius 2 is 2.26 bits per heavy atom. The molecule has 10 heteroatoms. The maximum Gasteiger partial charge on any atom is 0.352 e. The molecule has 1 saturated heterocycles.